The molecule has 1 aromatic heterocycles. The Hall–Kier alpha value is -1.41. The summed E-state index contributed by atoms with van der Waals surface area (Å²) in [5, 5.41) is 14.4. The van der Waals surface area contributed by atoms with Gasteiger partial charge in [-0.05, 0) is 18.3 Å². The molecule has 1 aliphatic carbocycles. The summed E-state index contributed by atoms with van der Waals surface area (Å²) in [6.45, 7) is 4.04. The second-order valence-corrected chi connectivity index (χ2v) is 7.48. The molecule has 1 unspecified atom stereocenters. The monoisotopic (exact) mass is 301 g/mol. The molecule has 8 heteroatoms. The third kappa shape index (κ3) is 2.85. The highest BCUT2D eigenvalue weighted by molar-refractivity contribution is 7.89. The van der Waals surface area contributed by atoms with Gasteiger partial charge in [0.15, 0.2) is 5.03 Å². The molecule has 0 radical (unpaired) electrons. The molecule has 1 heterocycles. The number of hydrogen-bond acceptors (Lipinski definition) is 4. The molecule has 1 aliphatic rings. The van der Waals surface area contributed by atoms with E-state index in [1.807, 2.05) is 13.8 Å². The maximum absolute atomic E-state index is 12.3. The van der Waals surface area contributed by atoms with Crippen molar-refractivity contribution in [1.29, 1.82) is 0 Å². The predicted molar refractivity (Wildman–Crippen MR) is 71.9 cm³/mol. The van der Waals surface area contributed by atoms with Crippen LogP contribution >= 0.6 is 0 Å². The summed E-state index contributed by atoms with van der Waals surface area (Å²) < 4.78 is 27.3. The van der Waals surface area contributed by atoms with Gasteiger partial charge in [-0.1, -0.05) is 26.7 Å². The number of aromatic amines is 1. The minimum absolute atomic E-state index is 0.144. The van der Waals surface area contributed by atoms with Crippen molar-refractivity contribution in [3.8, 4) is 0 Å². The normalized spacial score (nSPS) is 22.6. The Morgan fingerprint density at radius 2 is 2.20 bits per heavy atom. The summed E-state index contributed by atoms with van der Waals surface area (Å²) in [7, 11) is -3.91. The van der Waals surface area contributed by atoms with E-state index in [0.717, 1.165) is 31.9 Å². The Labute approximate surface area is 117 Å². The van der Waals surface area contributed by atoms with Crippen LogP contribution in [-0.2, 0) is 10.0 Å². The quantitative estimate of drug-likeness (QED) is 0.777. The van der Waals surface area contributed by atoms with Crippen molar-refractivity contribution in [3.63, 3.8) is 0 Å². The van der Waals surface area contributed by atoms with Gasteiger partial charge in [-0.25, -0.2) is 17.9 Å². The van der Waals surface area contributed by atoms with Crippen molar-refractivity contribution < 1.29 is 18.3 Å². The highest BCUT2D eigenvalue weighted by atomic mass is 32.2. The van der Waals surface area contributed by atoms with Gasteiger partial charge in [-0.3, -0.25) is 5.10 Å². The average molecular weight is 301 g/mol. The molecule has 7 nitrogen and oxygen atoms in total. The average Bonchev–Trinajstić information content (AvgIpc) is 2.81. The van der Waals surface area contributed by atoms with Crippen molar-refractivity contribution in [2.24, 2.45) is 5.41 Å². The summed E-state index contributed by atoms with van der Waals surface area (Å²) >= 11 is 0. The van der Waals surface area contributed by atoms with Gasteiger partial charge in [0.25, 0.3) is 10.0 Å². The number of carboxylic acids is 1. The first kappa shape index (κ1) is 15.0. The van der Waals surface area contributed by atoms with Gasteiger partial charge in [0.2, 0.25) is 0 Å². The Morgan fingerprint density at radius 1 is 1.50 bits per heavy atom. The van der Waals surface area contributed by atoms with Gasteiger partial charge >= 0.3 is 5.97 Å². The number of carbonyl (C=O) groups is 1. The zero-order valence-corrected chi connectivity index (χ0v) is 12.3. The molecule has 112 valence electrons. The number of carboxylic acid groups (broad SMARTS) is 1. The van der Waals surface area contributed by atoms with Gasteiger partial charge in [-0.2, -0.15) is 5.10 Å². The lowest BCUT2D eigenvalue weighted by atomic mass is 9.74. The molecule has 0 spiro atoms. The number of H-pyrrole nitrogens is 1. The van der Waals surface area contributed by atoms with Crippen LogP contribution in [-0.4, -0.2) is 35.7 Å². The molecule has 20 heavy (non-hydrogen) atoms. The van der Waals surface area contributed by atoms with Gasteiger partial charge < -0.3 is 5.11 Å². The van der Waals surface area contributed by atoms with Crippen LogP contribution in [0.3, 0.4) is 0 Å². The lowest BCUT2D eigenvalue weighted by Gasteiger charge is -2.38. The summed E-state index contributed by atoms with van der Waals surface area (Å²) in [6, 6.07) is -0.203. The molecular weight excluding hydrogens is 282 g/mol. The smallest absolute Gasteiger partial charge is 0.340 e. The fourth-order valence-electron chi connectivity index (χ4n) is 2.59. The topological polar surface area (TPSA) is 112 Å². The van der Waals surface area contributed by atoms with E-state index < -0.39 is 16.0 Å². The second-order valence-electron chi connectivity index (χ2n) is 5.83. The molecule has 0 aromatic carbocycles. The van der Waals surface area contributed by atoms with Gasteiger partial charge in [0.1, 0.15) is 5.56 Å². The van der Waals surface area contributed by atoms with Crippen LogP contribution in [0.25, 0.3) is 0 Å². The summed E-state index contributed by atoms with van der Waals surface area (Å²) in [5.41, 5.74) is -0.486. The first-order chi connectivity index (χ1) is 9.24. The maximum Gasteiger partial charge on any atom is 0.340 e. The molecule has 1 saturated carbocycles. The molecule has 0 bridgehead atoms. The standard InChI is InChI=1S/C12H19N3O4S/c1-12(2)6-4-3-5-9(12)15-20(18,19)10-8(11(16)17)7-13-14-10/h7,9,15H,3-6H2,1-2H3,(H,13,14)(H,16,17). The highest BCUT2D eigenvalue weighted by Crippen LogP contribution is 2.36. The van der Waals surface area contributed by atoms with Crippen molar-refractivity contribution in [1.82, 2.24) is 14.9 Å². The van der Waals surface area contributed by atoms with Crippen LogP contribution in [0.5, 0.6) is 0 Å². The van der Waals surface area contributed by atoms with Crippen molar-refractivity contribution in [2.45, 2.75) is 50.6 Å². The minimum Gasteiger partial charge on any atom is -0.478 e. The molecule has 3 N–H and O–H groups in total. The van der Waals surface area contributed by atoms with Crippen LogP contribution in [0, 0.1) is 5.41 Å². The van der Waals surface area contributed by atoms with E-state index in [4.69, 9.17) is 5.11 Å². The molecule has 1 fully saturated rings. The van der Waals surface area contributed by atoms with Crippen LogP contribution in [0.2, 0.25) is 0 Å². The largest absolute Gasteiger partial charge is 0.478 e. The first-order valence-electron chi connectivity index (χ1n) is 6.53. The number of hydrogen-bond donors (Lipinski definition) is 3. The minimum atomic E-state index is -3.91. The maximum atomic E-state index is 12.3. The number of aromatic nitrogens is 2. The van der Waals surface area contributed by atoms with E-state index in [9.17, 15) is 13.2 Å². The van der Waals surface area contributed by atoms with Gasteiger partial charge in [-0.15, -0.1) is 0 Å². The van der Waals surface area contributed by atoms with Gasteiger partial charge in [0, 0.05) is 6.04 Å². The fourth-order valence-corrected chi connectivity index (χ4v) is 4.12. The van der Waals surface area contributed by atoms with E-state index in [0.29, 0.717) is 0 Å². The van der Waals surface area contributed by atoms with E-state index in [2.05, 4.69) is 14.9 Å². The van der Waals surface area contributed by atoms with E-state index in [1.165, 1.54) is 0 Å². The Balaban J connectivity index is 2.27. The van der Waals surface area contributed by atoms with Crippen LogP contribution < -0.4 is 4.72 Å². The van der Waals surface area contributed by atoms with Gasteiger partial charge in [0.05, 0.1) is 6.20 Å². The molecule has 0 amide bonds. The van der Waals surface area contributed by atoms with Crippen molar-refractivity contribution in [3.05, 3.63) is 11.8 Å². The highest BCUT2D eigenvalue weighted by Gasteiger charge is 2.36. The SMILES string of the molecule is CC1(C)CCCCC1NS(=O)(=O)c1[nH]ncc1C(=O)O. The molecular formula is C12H19N3O4S. The van der Waals surface area contributed by atoms with Crippen molar-refractivity contribution >= 4 is 16.0 Å². The molecule has 1 atom stereocenters. The zero-order chi connectivity index (χ0) is 15.0. The summed E-state index contributed by atoms with van der Waals surface area (Å²) in [6.07, 6.45) is 4.74. The zero-order valence-electron chi connectivity index (χ0n) is 11.5. The van der Waals surface area contributed by atoms with E-state index in [1.54, 1.807) is 0 Å². The lowest BCUT2D eigenvalue weighted by molar-refractivity contribution is 0.0692. The Bertz CT molecular complexity index is 606. The fraction of sp³-hybridized carbons (Fsp3) is 0.667. The van der Waals surface area contributed by atoms with Crippen LogP contribution in [0.4, 0.5) is 0 Å². The molecule has 0 saturated heterocycles. The molecule has 2 rings (SSSR count). The summed E-state index contributed by atoms with van der Waals surface area (Å²) in [4.78, 5) is 11.0. The van der Waals surface area contributed by atoms with E-state index in [-0.39, 0.29) is 22.0 Å². The molecule has 1 aromatic rings. The van der Waals surface area contributed by atoms with Crippen LogP contribution in [0.15, 0.2) is 11.2 Å². The predicted octanol–water partition coefficient (Wildman–Crippen LogP) is 1.35. The number of nitrogens with zero attached hydrogens (tertiary/aromatic N) is 1. The van der Waals surface area contributed by atoms with Crippen molar-refractivity contribution in [2.75, 3.05) is 0 Å². The number of rotatable bonds is 4. The third-order valence-corrected chi connectivity index (χ3v) is 5.35. The Morgan fingerprint density at radius 3 is 2.80 bits per heavy atom. The number of sulfonamides is 1. The number of nitrogens with one attached hydrogen (secondary N) is 2. The van der Waals surface area contributed by atoms with E-state index >= 15 is 0 Å². The Kier molecular flexibility index (Phi) is 3.88. The number of aromatic carboxylic acids is 1. The lowest BCUT2D eigenvalue weighted by Crippen LogP contribution is -2.47. The molecule has 0 aliphatic heterocycles. The third-order valence-electron chi connectivity index (χ3n) is 3.91. The second kappa shape index (κ2) is 5.17. The summed E-state index contributed by atoms with van der Waals surface area (Å²) in [5.74, 6) is -1.32. The first-order valence-corrected chi connectivity index (χ1v) is 8.01. The van der Waals surface area contributed by atoms with Crippen LogP contribution in [0.1, 0.15) is 49.9 Å².